The number of rotatable bonds is 4. The SMILES string of the molecule is COc1ccc([C@@H](C)C(=O)N2CC[C@@](F)(CO)C2)cc1. The molecule has 0 unspecified atom stereocenters. The Morgan fingerprint density at radius 2 is 2.15 bits per heavy atom. The molecular weight excluding hydrogens is 261 g/mol. The Morgan fingerprint density at radius 3 is 2.65 bits per heavy atom. The third-order valence-electron chi connectivity index (χ3n) is 3.89. The molecule has 0 radical (unpaired) electrons. The van der Waals surface area contributed by atoms with Gasteiger partial charge in [0.15, 0.2) is 5.67 Å². The molecule has 5 heteroatoms. The van der Waals surface area contributed by atoms with Gasteiger partial charge in [-0.25, -0.2) is 4.39 Å². The molecule has 2 atom stereocenters. The van der Waals surface area contributed by atoms with Gasteiger partial charge in [-0.3, -0.25) is 4.79 Å². The number of benzene rings is 1. The zero-order valence-corrected chi connectivity index (χ0v) is 11.8. The van der Waals surface area contributed by atoms with Gasteiger partial charge in [0, 0.05) is 13.0 Å². The van der Waals surface area contributed by atoms with Crippen LogP contribution in [0, 0.1) is 0 Å². The topological polar surface area (TPSA) is 49.8 Å². The molecule has 20 heavy (non-hydrogen) atoms. The van der Waals surface area contributed by atoms with Gasteiger partial charge >= 0.3 is 0 Å². The first-order valence-electron chi connectivity index (χ1n) is 6.71. The second kappa shape index (κ2) is 5.79. The molecule has 1 aromatic carbocycles. The van der Waals surface area contributed by atoms with E-state index < -0.39 is 12.3 Å². The third kappa shape index (κ3) is 2.93. The Morgan fingerprint density at radius 1 is 1.50 bits per heavy atom. The van der Waals surface area contributed by atoms with Crippen LogP contribution in [0.3, 0.4) is 0 Å². The Balaban J connectivity index is 2.05. The fourth-order valence-corrected chi connectivity index (χ4v) is 2.46. The lowest BCUT2D eigenvalue weighted by Crippen LogP contribution is -2.37. The highest BCUT2D eigenvalue weighted by molar-refractivity contribution is 5.83. The summed E-state index contributed by atoms with van der Waals surface area (Å²) in [5.74, 6) is 0.294. The molecule has 1 aliphatic rings. The van der Waals surface area contributed by atoms with Crippen molar-refractivity contribution in [2.24, 2.45) is 0 Å². The maximum absolute atomic E-state index is 14.0. The van der Waals surface area contributed by atoms with Crippen molar-refractivity contribution in [3.63, 3.8) is 0 Å². The monoisotopic (exact) mass is 281 g/mol. The van der Waals surface area contributed by atoms with Crippen LogP contribution in [0.15, 0.2) is 24.3 Å². The molecule has 0 saturated carbocycles. The molecule has 2 rings (SSSR count). The van der Waals surface area contributed by atoms with Gasteiger partial charge in [-0.15, -0.1) is 0 Å². The normalized spacial score (nSPS) is 23.7. The molecule has 0 bridgehead atoms. The second-order valence-corrected chi connectivity index (χ2v) is 5.31. The summed E-state index contributed by atoms with van der Waals surface area (Å²) in [7, 11) is 1.59. The molecule has 0 aromatic heterocycles. The maximum atomic E-state index is 14.0. The van der Waals surface area contributed by atoms with Crippen LogP contribution in [0.25, 0.3) is 0 Å². The summed E-state index contributed by atoms with van der Waals surface area (Å²) in [4.78, 5) is 13.8. The molecule has 1 fully saturated rings. The van der Waals surface area contributed by atoms with Crippen molar-refractivity contribution in [1.82, 2.24) is 4.90 Å². The number of alkyl halides is 1. The predicted octanol–water partition coefficient (Wildman–Crippen LogP) is 1.73. The first-order valence-corrected chi connectivity index (χ1v) is 6.71. The van der Waals surface area contributed by atoms with Gasteiger partial charge in [0.25, 0.3) is 0 Å². The average molecular weight is 281 g/mol. The first-order chi connectivity index (χ1) is 9.49. The Labute approximate surface area is 118 Å². The van der Waals surface area contributed by atoms with Crippen LogP contribution in [0.4, 0.5) is 4.39 Å². The highest BCUT2D eigenvalue weighted by atomic mass is 19.1. The molecule has 1 N–H and O–H groups in total. The smallest absolute Gasteiger partial charge is 0.229 e. The van der Waals surface area contributed by atoms with E-state index in [1.165, 1.54) is 4.90 Å². The minimum atomic E-state index is -1.64. The fraction of sp³-hybridized carbons (Fsp3) is 0.533. The van der Waals surface area contributed by atoms with Crippen LogP contribution < -0.4 is 4.74 Å². The number of nitrogens with zero attached hydrogens (tertiary/aromatic N) is 1. The molecule has 0 aliphatic carbocycles. The highest BCUT2D eigenvalue weighted by Crippen LogP contribution is 2.28. The van der Waals surface area contributed by atoms with Crippen LogP contribution in [0.2, 0.25) is 0 Å². The number of aliphatic hydroxyl groups excluding tert-OH is 1. The van der Waals surface area contributed by atoms with Crippen molar-refractivity contribution < 1.29 is 19.0 Å². The minimum absolute atomic E-state index is 0.0250. The summed E-state index contributed by atoms with van der Waals surface area (Å²) >= 11 is 0. The number of carbonyl (C=O) groups is 1. The van der Waals surface area contributed by atoms with Crippen molar-refractivity contribution in [3.05, 3.63) is 29.8 Å². The lowest BCUT2D eigenvalue weighted by molar-refractivity contribution is -0.132. The summed E-state index contributed by atoms with van der Waals surface area (Å²) in [6.45, 7) is 1.61. The summed E-state index contributed by atoms with van der Waals surface area (Å²) in [6.07, 6.45) is 0.199. The van der Waals surface area contributed by atoms with Gasteiger partial charge in [0.1, 0.15) is 5.75 Å². The zero-order chi connectivity index (χ0) is 14.8. The van der Waals surface area contributed by atoms with Gasteiger partial charge in [-0.2, -0.15) is 0 Å². The van der Waals surface area contributed by atoms with E-state index in [0.717, 1.165) is 11.3 Å². The summed E-state index contributed by atoms with van der Waals surface area (Å²) < 4.78 is 19.0. The lowest BCUT2D eigenvalue weighted by Gasteiger charge is -2.22. The number of hydrogen-bond acceptors (Lipinski definition) is 3. The van der Waals surface area contributed by atoms with Crippen LogP contribution in [-0.2, 0) is 4.79 Å². The molecule has 4 nitrogen and oxygen atoms in total. The van der Waals surface area contributed by atoms with Gasteiger partial charge in [-0.1, -0.05) is 12.1 Å². The maximum Gasteiger partial charge on any atom is 0.229 e. The number of methoxy groups -OCH3 is 1. The second-order valence-electron chi connectivity index (χ2n) is 5.31. The number of likely N-dealkylation sites (tertiary alicyclic amines) is 1. The molecule has 1 heterocycles. The Kier molecular flexibility index (Phi) is 4.28. The molecule has 0 spiro atoms. The minimum Gasteiger partial charge on any atom is -0.497 e. The van der Waals surface area contributed by atoms with Gasteiger partial charge in [0.2, 0.25) is 5.91 Å². The standard InChI is InChI=1S/C15H20FNO3/c1-11(12-3-5-13(20-2)6-4-12)14(19)17-8-7-15(16,9-17)10-18/h3-6,11,18H,7-10H2,1-2H3/t11-,15+/m1/s1. The van der Waals surface area contributed by atoms with Crippen LogP contribution >= 0.6 is 0 Å². The van der Waals surface area contributed by atoms with E-state index in [9.17, 15) is 9.18 Å². The predicted molar refractivity (Wildman–Crippen MR) is 73.5 cm³/mol. The van der Waals surface area contributed by atoms with Gasteiger partial charge < -0.3 is 14.7 Å². The van der Waals surface area contributed by atoms with E-state index in [1.54, 1.807) is 26.2 Å². The van der Waals surface area contributed by atoms with E-state index >= 15 is 0 Å². The lowest BCUT2D eigenvalue weighted by atomic mass is 9.99. The number of hydrogen-bond donors (Lipinski definition) is 1. The fourth-order valence-electron chi connectivity index (χ4n) is 2.46. The quantitative estimate of drug-likeness (QED) is 0.914. The van der Waals surface area contributed by atoms with E-state index in [4.69, 9.17) is 9.84 Å². The first kappa shape index (κ1) is 14.8. The largest absolute Gasteiger partial charge is 0.497 e. The van der Waals surface area contributed by atoms with Crippen molar-refractivity contribution in [1.29, 1.82) is 0 Å². The molecular formula is C15H20FNO3. The molecule has 1 aliphatic heterocycles. The average Bonchev–Trinajstić information content (AvgIpc) is 2.89. The van der Waals surface area contributed by atoms with E-state index in [2.05, 4.69) is 0 Å². The van der Waals surface area contributed by atoms with Crippen molar-refractivity contribution in [2.45, 2.75) is 24.9 Å². The Bertz CT molecular complexity index is 477. The highest BCUT2D eigenvalue weighted by Gasteiger charge is 2.40. The number of amides is 1. The molecule has 1 amide bonds. The van der Waals surface area contributed by atoms with Crippen LogP contribution in [0.1, 0.15) is 24.8 Å². The number of carbonyl (C=O) groups excluding carboxylic acids is 1. The van der Waals surface area contributed by atoms with Crippen molar-refractivity contribution in [3.8, 4) is 5.75 Å². The third-order valence-corrected chi connectivity index (χ3v) is 3.89. The zero-order valence-electron chi connectivity index (χ0n) is 11.8. The number of halogens is 1. The molecule has 1 aromatic rings. The number of ether oxygens (including phenoxy) is 1. The summed E-state index contributed by atoms with van der Waals surface area (Å²) in [6, 6.07) is 7.28. The van der Waals surface area contributed by atoms with Crippen LogP contribution in [0.5, 0.6) is 5.75 Å². The van der Waals surface area contributed by atoms with Gasteiger partial charge in [-0.05, 0) is 24.6 Å². The van der Waals surface area contributed by atoms with Gasteiger partial charge in [0.05, 0.1) is 26.2 Å². The van der Waals surface area contributed by atoms with E-state index in [1.807, 2.05) is 12.1 Å². The van der Waals surface area contributed by atoms with E-state index in [-0.39, 0.29) is 24.8 Å². The van der Waals surface area contributed by atoms with E-state index in [0.29, 0.717) is 6.54 Å². The summed E-state index contributed by atoms with van der Waals surface area (Å²) in [5, 5.41) is 9.01. The molecule has 1 saturated heterocycles. The van der Waals surface area contributed by atoms with Crippen molar-refractivity contribution in [2.75, 3.05) is 26.8 Å². The Hall–Kier alpha value is -1.62. The van der Waals surface area contributed by atoms with Crippen molar-refractivity contribution >= 4 is 5.91 Å². The number of aliphatic hydroxyl groups is 1. The molecule has 110 valence electrons. The summed E-state index contributed by atoms with van der Waals surface area (Å²) in [5.41, 5.74) is -0.772. The van der Waals surface area contributed by atoms with Crippen LogP contribution in [-0.4, -0.2) is 48.4 Å².